The Bertz CT molecular complexity index is 893. The predicted octanol–water partition coefficient (Wildman–Crippen LogP) is 1.60. The maximum absolute atomic E-state index is 12.3. The Morgan fingerprint density at radius 1 is 1.21 bits per heavy atom. The number of anilines is 2. The van der Waals surface area contributed by atoms with E-state index in [2.05, 4.69) is 20.3 Å². The van der Waals surface area contributed by atoms with E-state index < -0.39 is 0 Å². The molecule has 3 N–H and O–H groups in total. The van der Waals surface area contributed by atoms with Crippen LogP contribution in [-0.2, 0) is 6.54 Å². The van der Waals surface area contributed by atoms with Crippen molar-refractivity contribution < 1.29 is 4.79 Å². The standard InChI is InChI=1S/C17H18N6O/c1-23(2)14-9-11(12-5-3-4-6-13(12)22-14)10-21-17(24)15-16(18)20-8-7-19-15/h3-9H,10H2,1-2H3,(H2,18,20)(H,21,24). The van der Waals surface area contributed by atoms with Crippen molar-refractivity contribution in [2.24, 2.45) is 0 Å². The SMILES string of the molecule is CN(C)c1cc(CNC(=O)c2nccnc2N)c2ccccc2n1. The molecule has 0 aliphatic carbocycles. The topological polar surface area (TPSA) is 97.0 Å². The number of benzene rings is 1. The van der Waals surface area contributed by atoms with E-state index in [1.54, 1.807) is 0 Å². The van der Waals surface area contributed by atoms with Gasteiger partial charge < -0.3 is 16.0 Å². The molecule has 7 heteroatoms. The van der Waals surface area contributed by atoms with Crippen LogP contribution < -0.4 is 16.0 Å². The highest BCUT2D eigenvalue weighted by Gasteiger charge is 2.13. The number of nitrogen functional groups attached to an aromatic ring is 1. The number of pyridine rings is 1. The van der Waals surface area contributed by atoms with Crippen LogP contribution in [-0.4, -0.2) is 35.0 Å². The van der Waals surface area contributed by atoms with Gasteiger partial charge in [0.1, 0.15) is 5.82 Å². The van der Waals surface area contributed by atoms with Crippen LogP contribution in [0.4, 0.5) is 11.6 Å². The van der Waals surface area contributed by atoms with E-state index in [0.717, 1.165) is 22.3 Å². The van der Waals surface area contributed by atoms with Crippen molar-refractivity contribution in [3.05, 3.63) is 54.0 Å². The van der Waals surface area contributed by atoms with E-state index >= 15 is 0 Å². The van der Waals surface area contributed by atoms with Crippen molar-refractivity contribution in [1.82, 2.24) is 20.3 Å². The maximum atomic E-state index is 12.3. The largest absolute Gasteiger partial charge is 0.382 e. The number of nitrogens with two attached hydrogens (primary N) is 1. The Labute approximate surface area is 139 Å². The summed E-state index contributed by atoms with van der Waals surface area (Å²) >= 11 is 0. The first-order valence-electron chi connectivity index (χ1n) is 7.47. The summed E-state index contributed by atoms with van der Waals surface area (Å²) in [5.74, 6) is 0.591. The first-order chi connectivity index (χ1) is 11.6. The molecule has 0 unspecified atom stereocenters. The summed E-state index contributed by atoms with van der Waals surface area (Å²) in [5.41, 5.74) is 7.68. The molecular formula is C17H18N6O. The fourth-order valence-corrected chi connectivity index (χ4v) is 2.39. The van der Waals surface area contributed by atoms with E-state index in [1.165, 1.54) is 12.4 Å². The maximum Gasteiger partial charge on any atom is 0.273 e. The summed E-state index contributed by atoms with van der Waals surface area (Å²) in [5, 5.41) is 3.84. The van der Waals surface area contributed by atoms with Gasteiger partial charge in [-0.25, -0.2) is 15.0 Å². The summed E-state index contributed by atoms with van der Waals surface area (Å²) < 4.78 is 0. The number of carbonyl (C=O) groups is 1. The number of para-hydroxylation sites is 1. The summed E-state index contributed by atoms with van der Waals surface area (Å²) in [4.78, 5) is 26.7. The molecule has 2 aromatic heterocycles. The third-order valence-electron chi connectivity index (χ3n) is 3.63. The Balaban J connectivity index is 1.89. The number of amides is 1. The van der Waals surface area contributed by atoms with Crippen molar-refractivity contribution in [2.45, 2.75) is 6.54 Å². The molecule has 1 amide bonds. The second-order valence-electron chi connectivity index (χ2n) is 5.52. The molecule has 0 fully saturated rings. The molecule has 2 heterocycles. The minimum atomic E-state index is -0.354. The van der Waals surface area contributed by atoms with E-state index in [0.29, 0.717) is 6.54 Å². The summed E-state index contributed by atoms with van der Waals surface area (Å²) in [6.45, 7) is 0.346. The highest BCUT2D eigenvalue weighted by Crippen LogP contribution is 2.22. The highest BCUT2D eigenvalue weighted by molar-refractivity contribution is 5.96. The molecule has 0 saturated carbocycles. The van der Waals surface area contributed by atoms with Gasteiger partial charge in [0.2, 0.25) is 0 Å². The second kappa shape index (κ2) is 6.49. The van der Waals surface area contributed by atoms with Crippen molar-refractivity contribution in [1.29, 1.82) is 0 Å². The molecule has 0 saturated heterocycles. The number of carbonyl (C=O) groups excluding carboxylic acids is 1. The van der Waals surface area contributed by atoms with E-state index in [-0.39, 0.29) is 17.4 Å². The number of hydrogen-bond acceptors (Lipinski definition) is 6. The Morgan fingerprint density at radius 2 is 1.96 bits per heavy atom. The van der Waals surface area contributed by atoms with Gasteiger partial charge in [0.05, 0.1) is 5.52 Å². The number of fused-ring (bicyclic) bond motifs is 1. The lowest BCUT2D eigenvalue weighted by atomic mass is 10.1. The molecule has 122 valence electrons. The molecule has 0 atom stereocenters. The van der Waals surface area contributed by atoms with E-state index in [1.807, 2.05) is 49.3 Å². The van der Waals surface area contributed by atoms with Crippen LogP contribution in [0, 0.1) is 0 Å². The molecule has 0 aliphatic rings. The third kappa shape index (κ3) is 3.10. The minimum absolute atomic E-state index is 0.114. The van der Waals surface area contributed by atoms with Gasteiger partial charge in [0.25, 0.3) is 5.91 Å². The summed E-state index contributed by atoms with van der Waals surface area (Å²) in [7, 11) is 3.86. The number of hydrogen-bond donors (Lipinski definition) is 2. The van der Waals surface area contributed by atoms with Crippen LogP contribution in [0.3, 0.4) is 0 Å². The van der Waals surface area contributed by atoms with Crippen LogP contribution in [0.1, 0.15) is 16.1 Å². The zero-order chi connectivity index (χ0) is 17.1. The molecule has 0 radical (unpaired) electrons. The van der Waals surface area contributed by atoms with Gasteiger partial charge in [-0.15, -0.1) is 0 Å². The zero-order valence-corrected chi connectivity index (χ0v) is 13.5. The van der Waals surface area contributed by atoms with Crippen molar-refractivity contribution in [3.8, 4) is 0 Å². The van der Waals surface area contributed by atoms with Crippen molar-refractivity contribution in [3.63, 3.8) is 0 Å². The zero-order valence-electron chi connectivity index (χ0n) is 13.5. The monoisotopic (exact) mass is 322 g/mol. The predicted molar refractivity (Wildman–Crippen MR) is 93.7 cm³/mol. The van der Waals surface area contributed by atoms with Gasteiger partial charge in [-0.2, -0.15) is 0 Å². The number of nitrogens with zero attached hydrogens (tertiary/aromatic N) is 4. The van der Waals surface area contributed by atoms with Crippen LogP contribution >= 0.6 is 0 Å². The molecular weight excluding hydrogens is 304 g/mol. The lowest BCUT2D eigenvalue weighted by Gasteiger charge is -2.15. The average Bonchev–Trinajstić information content (AvgIpc) is 2.59. The van der Waals surface area contributed by atoms with Crippen LogP contribution in [0.2, 0.25) is 0 Å². The normalized spacial score (nSPS) is 10.6. The van der Waals surface area contributed by atoms with E-state index in [9.17, 15) is 4.79 Å². The van der Waals surface area contributed by atoms with Crippen molar-refractivity contribution >= 4 is 28.4 Å². The quantitative estimate of drug-likeness (QED) is 0.757. The minimum Gasteiger partial charge on any atom is -0.382 e. The molecule has 3 rings (SSSR count). The molecule has 0 bridgehead atoms. The second-order valence-corrected chi connectivity index (χ2v) is 5.52. The summed E-state index contributed by atoms with van der Waals surface area (Å²) in [6, 6.07) is 9.79. The fourth-order valence-electron chi connectivity index (χ4n) is 2.39. The van der Waals surface area contributed by atoms with Gasteiger partial charge >= 0.3 is 0 Å². The first-order valence-corrected chi connectivity index (χ1v) is 7.47. The average molecular weight is 322 g/mol. The lowest BCUT2D eigenvalue weighted by Crippen LogP contribution is -2.25. The van der Waals surface area contributed by atoms with Crippen LogP contribution in [0.5, 0.6) is 0 Å². The molecule has 0 spiro atoms. The smallest absolute Gasteiger partial charge is 0.273 e. The van der Waals surface area contributed by atoms with Gasteiger partial charge in [0, 0.05) is 38.4 Å². The van der Waals surface area contributed by atoms with Crippen LogP contribution in [0.25, 0.3) is 10.9 Å². The molecule has 0 aliphatic heterocycles. The molecule has 3 aromatic rings. The lowest BCUT2D eigenvalue weighted by molar-refractivity contribution is 0.0946. The van der Waals surface area contributed by atoms with Gasteiger partial charge in [-0.3, -0.25) is 4.79 Å². The van der Waals surface area contributed by atoms with Crippen molar-refractivity contribution in [2.75, 3.05) is 24.7 Å². The Hall–Kier alpha value is -3.22. The first kappa shape index (κ1) is 15.7. The van der Waals surface area contributed by atoms with E-state index in [4.69, 9.17) is 5.73 Å². The van der Waals surface area contributed by atoms with Gasteiger partial charge in [-0.1, -0.05) is 18.2 Å². The molecule has 24 heavy (non-hydrogen) atoms. The van der Waals surface area contributed by atoms with Crippen LogP contribution in [0.15, 0.2) is 42.7 Å². The highest BCUT2D eigenvalue weighted by atomic mass is 16.1. The third-order valence-corrected chi connectivity index (χ3v) is 3.63. The van der Waals surface area contributed by atoms with Gasteiger partial charge in [-0.05, 0) is 17.7 Å². The Morgan fingerprint density at radius 3 is 2.71 bits per heavy atom. The summed E-state index contributed by atoms with van der Waals surface area (Å²) in [6.07, 6.45) is 2.89. The number of nitrogens with one attached hydrogen (secondary N) is 1. The molecule has 1 aromatic carbocycles. The Kier molecular flexibility index (Phi) is 4.24. The number of aromatic nitrogens is 3. The fraction of sp³-hybridized carbons (Fsp3) is 0.176. The van der Waals surface area contributed by atoms with Gasteiger partial charge in [0.15, 0.2) is 11.5 Å². The number of rotatable bonds is 4. The molecule has 7 nitrogen and oxygen atoms in total.